The van der Waals surface area contributed by atoms with Crippen molar-refractivity contribution >= 4 is 11.6 Å². The first kappa shape index (κ1) is 11.1. The topological polar surface area (TPSA) is 55.1 Å². The summed E-state index contributed by atoms with van der Waals surface area (Å²) in [5.74, 6) is 0.0699. The number of rotatable bonds is 2. The van der Waals surface area contributed by atoms with E-state index in [2.05, 4.69) is 11.4 Å². The second kappa shape index (κ2) is 3.59. The van der Waals surface area contributed by atoms with E-state index in [1.807, 2.05) is 32.9 Å². The Morgan fingerprint density at radius 3 is 2.75 bits per heavy atom. The minimum atomic E-state index is -0.427. The Labute approximate surface area is 96.0 Å². The van der Waals surface area contributed by atoms with Gasteiger partial charge >= 0.3 is 0 Å². The molecule has 0 fully saturated rings. The molecule has 1 aromatic carbocycles. The molecular weight excluding hydrogens is 200 g/mol. The van der Waals surface area contributed by atoms with E-state index in [-0.39, 0.29) is 11.9 Å². The Morgan fingerprint density at radius 1 is 1.44 bits per heavy atom. The quantitative estimate of drug-likeness (QED) is 0.795. The van der Waals surface area contributed by atoms with Crippen LogP contribution in [0.3, 0.4) is 0 Å². The second-order valence-corrected chi connectivity index (χ2v) is 5.14. The standard InChI is InChI=1S/C13H18N2O/c1-8(14)6-9-4-5-11-10(7-9)13(2,3)12(16)15-11/h4-5,7-8H,6,14H2,1-3H3,(H,15,16). The van der Waals surface area contributed by atoms with Crippen molar-refractivity contribution in [1.82, 2.24) is 0 Å². The van der Waals surface area contributed by atoms with Gasteiger partial charge < -0.3 is 11.1 Å². The Bertz CT molecular complexity index is 436. The maximum atomic E-state index is 11.8. The number of carbonyl (C=O) groups is 1. The fraction of sp³-hybridized carbons (Fsp3) is 0.462. The van der Waals surface area contributed by atoms with Crippen molar-refractivity contribution in [3.63, 3.8) is 0 Å². The van der Waals surface area contributed by atoms with Crippen molar-refractivity contribution in [2.24, 2.45) is 5.73 Å². The lowest BCUT2D eigenvalue weighted by Gasteiger charge is -2.16. The number of nitrogens with two attached hydrogens (primary N) is 1. The van der Waals surface area contributed by atoms with Crippen molar-refractivity contribution in [3.05, 3.63) is 29.3 Å². The fourth-order valence-corrected chi connectivity index (χ4v) is 2.12. The summed E-state index contributed by atoms with van der Waals surface area (Å²) in [6.07, 6.45) is 0.845. The molecule has 1 amide bonds. The Morgan fingerprint density at radius 2 is 2.12 bits per heavy atom. The van der Waals surface area contributed by atoms with Gasteiger partial charge in [-0.05, 0) is 44.4 Å². The molecule has 1 aliphatic rings. The number of nitrogens with one attached hydrogen (secondary N) is 1. The van der Waals surface area contributed by atoms with Crippen LogP contribution in [0, 0.1) is 0 Å². The van der Waals surface area contributed by atoms with Gasteiger partial charge in [-0.3, -0.25) is 4.79 Å². The Balaban J connectivity index is 2.40. The predicted octanol–water partition coefficient (Wildman–Crippen LogP) is 1.81. The summed E-state index contributed by atoms with van der Waals surface area (Å²) in [6, 6.07) is 6.24. The smallest absolute Gasteiger partial charge is 0.234 e. The van der Waals surface area contributed by atoms with E-state index in [1.165, 1.54) is 5.56 Å². The van der Waals surface area contributed by atoms with Gasteiger partial charge in [-0.25, -0.2) is 0 Å². The van der Waals surface area contributed by atoms with E-state index < -0.39 is 5.41 Å². The van der Waals surface area contributed by atoms with Crippen LogP contribution in [0.25, 0.3) is 0 Å². The Kier molecular flexibility index (Phi) is 2.50. The maximum Gasteiger partial charge on any atom is 0.234 e. The van der Waals surface area contributed by atoms with Gasteiger partial charge in [0.2, 0.25) is 5.91 Å². The van der Waals surface area contributed by atoms with E-state index in [0.717, 1.165) is 17.7 Å². The first-order valence-electron chi connectivity index (χ1n) is 5.61. The number of anilines is 1. The zero-order valence-electron chi connectivity index (χ0n) is 10.0. The third kappa shape index (κ3) is 1.71. The number of carbonyl (C=O) groups excluding carboxylic acids is 1. The molecule has 0 aliphatic carbocycles. The first-order chi connectivity index (χ1) is 7.41. The molecule has 86 valence electrons. The summed E-state index contributed by atoms with van der Waals surface area (Å²) in [4.78, 5) is 11.8. The SMILES string of the molecule is CC(N)Cc1ccc2c(c1)C(C)(C)C(=O)N2. The highest BCUT2D eigenvalue weighted by atomic mass is 16.2. The van der Waals surface area contributed by atoms with E-state index in [4.69, 9.17) is 5.73 Å². The molecule has 3 nitrogen and oxygen atoms in total. The molecule has 1 aromatic rings. The molecule has 16 heavy (non-hydrogen) atoms. The second-order valence-electron chi connectivity index (χ2n) is 5.14. The van der Waals surface area contributed by atoms with E-state index in [9.17, 15) is 4.79 Å². The average Bonchev–Trinajstić information content (AvgIpc) is 2.39. The maximum absolute atomic E-state index is 11.8. The van der Waals surface area contributed by atoms with Crippen LogP contribution in [-0.4, -0.2) is 11.9 Å². The molecule has 0 spiro atoms. The number of fused-ring (bicyclic) bond motifs is 1. The number of hydrogen-bond acceptors (Lipinski definition) is 2. The zero-order chi connectivity index (χ0) is 11.9. The lowest BCUT2D eigenvalue weighted by Crippen LogP contribution is -2.27. The highest BCUT2D eigenvalue weighted by Crippen LogP contribution is 2.37. The molecule has 0 radical (unpaired) electrons. The molecule has 3 heteroatoms. The molecule has 1 aliphatic heterocycles. The molecule has 0 bridgehead atoms. The molecule has 0 saturated heterocycles. The van der Waals surface area contributed by atoms with Crippen LogP contribution in [0.1, 0.15) is 31.9 Å². The normalized spacial score (nSPS) is 19.1. The van der Waals surface area contributed by atoms with Crippen LogP contribution >= 0.6 is 0 Å². The largest absolute Gasteiger partial charge is 0.328 e. The van der Waals surface area contributed by atoms with Gasteiger partial charge in [-0.1, -0.05) is 12.1 Å². The van der Waals surface area contributed by atoms with Gasteiger partial charge in [-0.15, -0.1) is 0 Å². The molecular formula is C13H18N2O. The monoisotopic (exact) mass is 218 g/mol. The number of benzene rings is 1. The van der Waals surface area contributed by atoms with Gasteiger partial charge in [0.05, 0.1) is 5.41 Å². The van der Waals surface area contributed by atoms with Crippen LogP contribution in [0.4, 0.5) is 5.69 Å². The fourth-order valence-electron chi connectivity index (χ4n) is 2.12. The predicted molar refractivity (Wildman–Crippen MR) is 65.5 cm³/mol. The van der Waals surface area contributed by atoms with Gasteiger partial charge in [0.25, 0.3) is 0 Å². The van der Waals surface area contributed by atoms with Crippen LogP contribution in [0.5, 0.6) is 0 Å². The third-order valence-corrected chi connectivity index (χ3v) is 3.13. The van der Waals surface area contributed by atoms with Crippen LogP contribution in [-0.2, 0) is 16.6 Å². The van der Waals surface area contributed by atoms with Crippen LogP contribution in [0.15, 0.2) is 18.2 Å². The molecule has 1 atom stereocenters. The third-order valence-electron chi connectivity index (χ3n) is 3.13. The summed E-state index contributed by atoms with van der Waals surface area (Å²) in [7, 11) is 0. The van der Waals surface area contributed by atoms with E-state index in [1.54, 1.807) is 0 Å². The average molecular weight is 218 g/mol. The summed E-state index contributed by atoms with van der Waals surface area (Å²) >= 11 is 0. The summed E-state index contributed by atoms with van der Waals surface area (Å²) < 4.78 is 0. The van der Waals surface area contributed by atoms with Gasteiger partial charge in [0.1, 0.15) is 0 Å². The minimum Gasteiger partial charge on any atom is -0.328 e. The van der Waals surface area contributed by atoms with Gasteiger partial charge in [0.15, 0.2) is 0 Å². The van der Waals surface area contributed by atoms with E-state index in [0.29, 0.717) is 0 Å². The van der Waals surface area contributed by atoms with Crippen molar-refractivity contribution in [1.29, 1.82) is 0 Å². The first-order valence-corrected chi connectivity index (χ1v) is 5.61. The van der Waals surface area contributed by atoms with E-state index >= 15 is 0 Å². The summed E-state index contributed by atoms with van der Waals surface area (Å²) in [5.41, 5.74) is 8.56. The van der Waals surface area contributed by atoms with Crippen molar-refractivity contribution in [2.45, 2.75) is 38.6 Å². The molecule has 0 saturated carbocycles. The molecule has 2 rings (SSSR count). The molecule has 0 aromatic heterocycles. The minimum absolute atomic E-state index is 0.0699. The summed E-state index contributed by atoms with van der Waals surface area (Å²) in [5, 5.41) is 2.90. The highest BCUT2D eigenvalue weighted by molar-refractivity contribution is 6.05. The number of amides is 1. The lowest BCUT2D eigenvalue weighted by molar-refractivity contribution is -0.119. The van der Waals surface area contributed by atoms with Crippen molar-refractivity contribution in [3.8, 4) is 0 Å². The van der Waals surface area contributed by atoms with Crippen molar-refractivity contribution < 1.29 is 4.79 Å². The molecule has 1 heterocycles. The van der Waals surface area contributed by atoms with Gasteiger partial charge in [-0.2, -0.15) is 0 Å². The van der Waals surface area contributed by atoms with Crippen LogP contribution < -0.4 is 11.1 Å². The highest BCUT2D eigenvalue weighted by Gasteiger charge is 2.38. The van der Waals surface area contributed by atoms with Gasteiger partial charge in [0, 0.05) is 11.7 Å². The Hall–Kier alpha value is -1.35. The molecule has 3 N–H and O–H groups in total. The zero-order valence-corrected chi connectivity index (χ0v) is 10.0. The lowest BCUT2D eigenvalue weighted by atomic mass is 9.85. The van der Waals surface area contributed by atoms with Crippen molar-refractivity contribution in [2.75, 3.05) is 5.32 Å². The number of hydrogen-bond donors (Lipinski definition) is 2. The van der Waals surface area contributed by atoms with Crippen LogP contribution in [0.2, 0.25) is 0 Å². The molecule has 1 unspecified atom stereocenters. The summed E-state index contributed by atoms with van der Waals surface area (Å²) in [6.45, 7) is 5.88.